The van der Waals surface area contributed by atoms with Crippen LogP contribution in [-0.2, 0) is 6.42 Å². The summed E-state index contributed by atoms with van der Waals surface area (Å²) in [6.45, 7) is 5.12. The SMILES string of the molecule is CN1CCCN(c2cc(Cl)ccc2CCN)CC1. The number of benzene rings is 1. The molecule has 18 heavy (non-hydrogen) atoms. The maximum atomic E-state index is 6.14. The van der Waals surface area contributed by atoms with Gasteiger partial charge in [0, 0.05) is 30.3 Å². The Labute approximate surface area is 115 Å². The van der Waals surface area contributed by atoms with Gasteiger partial charge in [-0.2, -0.15) is 0 Å². The van der Waals surface area contributed by atoms with Gasteiger partial charge >= 0.3 is 0 Å². The minimum absolute atomic E-state index is 0.683. The van der Waals surface area contributed by atoms with Crippen LogP contribution in [0.2, 0.25) is 5.02 Å². The first-order valence-electron chi connectivity index (χ1n) is 6.62. The van der Waals surface area contributed by atoms with Crippen LogP contribution in [0.15, 0.2) is 18.2 Å². The largest absolute Gasteiger partial charge is 0.370 e. The molecule has 1 aromatic carbocycles. The summed E-state index contributed by atoms with van der Waals surface area (Å²) >= 11 is 6.14. The van der Waals surface area contributed by atoms with Crippen molar-refractivity contribution in [1.82, 2.24) is 4.90 Å². The number of hydrogen-bond donors (Lipinski definition) is 1. The van der Waals surface area contributed by atoms with E-state index in [4.69, 9.17) is 17.3 Å². The van der Waals surface area contributed by atoms with Gasteiger partial charge in [0.1, 0.15) is 0 Å². The van der Waals surface area contributed by atoms with Gasteiger partial charge in [0.25, 0.3) is 0 Å². The van der Waals surface area contributed by atoms with Gasteiger partial charge in [-0.1, -0.05) is 17.7 Å². The molecule has 3 nitrogen and oxygen atoms in total. The highest BCUT2D eigenvalue weighted by molar-refractivity contribution is 6.30. The van der Waals surface area contributed by atoms with E-state index >= 15 is 0 Å². The minimum Gasteiger partial charge on any atom is -0.370 e. The molecule has 0 radical (unpaired) electrons. The van der Waals surface area contributed by atoms with Gasteiger partial charge in [-0.25, -0.2) is 0 Å². The molecule has 1 aromatic rings. The fourth-order valence-electron chi connectivity index (χ4n) is 2.49. The van der Waals surface area contributed by atoms with Gasteiger partial charge in [0.2, 0.25) is 0 Å². The second-order valence-corrected chi connectivity index (χ2v) is 5.39. The molecule has 1 aliphatic heterocycles. The van der Waals surface area contributed by atoms with Crippen LogP contribution in [0.25, 0.3) is 0 Å². The van der Waals surface area contributed by atoms with E-state index in [0.29, 0.717) is 6.54 Å². The van der Waals surface area contributed by atoms with E-state index < -0.39 is 0 Å². The maximum Gasteiger partial charge on any atom is 0.0426 e. The minimum atomic E-state index is 0.683. The Hall–Kier alpha value is -0.770. The third-order valence-corrected chi connectivity index (χ3v) is 3.76. The predicted molar refractivity (Wildman–Crippen MR) is 78.5 cm³/mol. The summed E-state index contributed by atoms with van der Waals surface area (Å²) in [7, 11) is 2.18. The van der Waals surface area contributed by atoms with Crippen molar-refractivity contribution < 1.29 is 0 Å². The van der Waals surface area contributed by atoms with Crippen molar-refractivity contribution in [3.05, 3.63) is 28.8 Å². The number of nitrogens with two attached hydrogens (primary N) is 1. The van der Waals surface area contributed by atoms with Crippen molar-refractivity contribution in [2.24, 2.45) is 5.73 Å². The quantitative estimate of drug-likeness (QED) is 0.909. The highest BCUT2D eigenvalue weighted by Crippen LogP contribution is 2.26. The normalized spacial score (nSPS) is 17.8. The summed E-state index contributed by atoms with van der Waals surface area (Å²) in [5, 5.41) is 0.809. The molecular weight excluding hydrogens is 246 g/mol. The molecule has 0 aromatic heterocycles. The highest BCUT2D eigenvalue weighted by Gasteiger charge is 2.15. The standard InChI is InChI=1S/C14H22ClN3/c1-17-7-2-8-18(10-9-17)14-11-13(15)4-3-12(14)5-6-16/h3-4,11H,2,5-10,16H2,1H3. The Balaban J connectivity index is 2.21. The van der Waals surface area contributed by atoms with E-state index in [9.17, 15) is 0 Å². The van der Waals surface area contributed by atoms with E-state index in [1.165, 1.54) is 24.2 Å². The lowest BCUT2D eigenvalue weighted by Gasteiger charge is -2.25. The molecule has 0 spiro atoms. The number of nitrogens with zero attached hydrogens (tertiary/aromatic N) is 2. The highest BCUT2D eigenvalue weighted by atomic mass is 35.5. The lowest BCUT2D eigenvalue weighted by atomic mass is 10.1. The van der Waals surface area contributed by atoms with E-state index in [1.807, 2.05) is 6.07 Å². The second-order valence-electron chi connectivity index (χ2n) is 4.96. The summed E-state index contributed by atoms with van der Waals surface area (Å²) in [5.74, 6) is 0. The first kappa shape index (κ1) is 13.7. The predicted octanol–water partition coefficient (Wildman–Crippen LogP) is 1.98. The van der Waals surface area contributed by atoms with Gasteiger partial charge in [0.15, 0.2) is 0 Å². The monoisotopic (exact) mass is 267 g/mol. The van der Waals surface area contributed by atoms with Crippen LogP contribution in [-0.4, -0.2) is 44.7 Å². The Morgan fingerprint density at radius 2 is 2.06 bits per heavy atom. The van der Waals surface area contributed by atoms with E-state index in [1.54, 1.807) is 0 Å². The maximum absolute atomic E-state index is 6.14. The number of hydrogen-bond acceptors (Lipinski definition) is 3. The second kappa shape index (κ2) is 6.41. The first-order chi connectivity index (χ1) is 8.70. The molecule has 0 saturated carbocycles. The van der Waals surface area contributed by atoms with Crippen LogP contribution in [0.1, 0.15) is 12.0 Å². The lowest BCUT2D eigenvalue weighted by Crippen LogP contribution is -2.29. The zero-order chi connectivity index (χ0) is 13.0. The average Bonchev–Trinajstić information content (AvgIpc) is 2.57. The van der Waals surface area contributed by atoms with Gasteiger partial charge in [-0.3, -0.25) is 0 Å². The smallest absolute Gasteiger partial charge is 0.0426 e. The molecule has 1 saturated heterocycles. The van der Waals surface area contributed by atoms with Crippen LogP contribution in [0.5, 0.6) is 0 Å². The van der Waals surface area contributed by atoms with Crippen LogP contribution in [0.4, 0.5) is 5.69 Å². The van der Waals surface area contributed by atoms with Crippen molar-refractivity contribution in [2.75, 3.05) is 44.7 Å². The van der Waals surface area contributed by atoms with Gasteiger partial charge in [-0.15, -0.1) is 0 Å². The van der Waals surface area contributed by atoms with E-state index in [0.717, 1.165) is 31.1 Å². The van der Waals surface area contributed by atoms with E-state index in [-0.39, 0.29) is 0 Å². The topological polar surface area (TPSA) is 32.5 Å². The summed E-state index contributed by atoms with van der Waals surface area (Å²) in [6.07, 6.45) is 2.11. The Morgan fingerprint density at radius 1 is 1.22 bits per heavy atom. The third-order valence-electron chi connectivity index (χ3n) is 3.52. The zero-order valence-electron chi connectivity index (χ0n) is 11.0. The fraction of sp³-hybridized carbons (Fsp3) is 0.571. The Bertz CT molecular complexity index is 395. The average molecular weight is 268 g/mol. The number of rotatable bonds is 3. The summed E-state index contributed by atoms with van der Waals surface area (Å²) in [6, 6.07) is 6.15. The van der Waals surface area contributed by atoms with Crippen LogP contribution < -0.4 is 10.6 Å². The van der Waals surface area contributed by atoms with Crippen LogP contribution in [0, 0.1) is 0 Å². The van der Waals surface area contributed by atoms with Crippen molar-refractivity contribution in [1.29, 1.82) is 0 Å². The third kappa shape index (κ3) is 3.37. The molecule has 0 unspecified atom stereocenters. The molecule has 2 N–H and O–H groups in total. The van der Waals surface area contributed by atoms with Crippen molar-refractivity contribution in [2.45, 2.75) is 12.8 Å². The molecule has 0 amide bonds. The van der Waals surface area contributed by atoms with Crippen molar-refractivity contribution in [3.8, 4) is 0 Å². The van der Waals surface area contributed by atoms with Gasteiger partial charge in [-0.05, 0) is 50.7 Å². The first-order valence-corrected chi connectivity index (χ1v) is 7.00. The van der Waals surface area contributed by atoms with Crippen molar-refractivity contribution >= 4 is 17.3 Å². The molecule has 0 aliphatic carbocycles. The lowest BCUT2D eigenvalue weighted by molar-refractivity contribution is 0.360. The number of likely N-dealkylation sites (N-methyl/N-ethyl adjacent to an activating group) is 1. The Morgan fingerprint density at radius 3 is 2.83 bits per heavy atom. The summed E-state index contributed by atoms with van der Waals surface area (Å²) < 4.78 is 0. The number of halogens is 1. The van der Waals surface area contributed by atoms with Gasteiger partial charge < -0.3 is 15.5 Å². The molecule has 2 rings (SSSR count). The van der Waals surface area contributed by atoms with Crippen LogP contribution >= 0.6 is 11.6 Å². The molecule has 1 heterocycles. The molecule has 1 fully saturated rings. The fourth-order valence-corrected chi connectivity index (χ4v) is 2.65. The van der Waals surface area contributed by atoms with Gasteiger partial charge in [0.05, 0.1) is 0 Å². The number of anilines is 1. The summed E-state index contributed by atoms with van der Waals surface area (Å²) in [5.41, 5.74) is 8.27. The molecule has 100 valence electrons. The molecule has 0 atom stereocenters. The Kier molecular flexibility index (Phi) is 4.87. The van der Waals surface area contributed by atoms with E-state index in [2.05, 4.69) is 29.0 Å². The molecule has 1 aliphatic rings. The molecule has 4 heteroatoms. The molecule has 0 bridgehead atoms. The zero-order valence-corrected chi connectivity index (χ0v) is 11.8. The summed E-state index contributed by atoms with van der Waals surface area (Å²) in [4.78, 5) is 4.83. The van der Waals surface area contributed by atoms with Crippen molar-refractivity contribution in [3.63, 3.8) is 0 Å². The van der Waals surface area contributed by atoms with Crippen LogP contribution in [0.3, 0.4) is 0 Å². The molecular formula is C14H22ClN3.